The van der Waals surface area contributed by atoms with Crippen LogP contribution in [0.4, 0.5) is 5.69 Å². The van der Waals surface area contributed by atoms with Gasteiger partial charge in [-0.15, -0.1) is 0 Å². The summed E-state index contributed by atoms with van der Waals surface area (Å²) in [5.74, 6) is 7.16. The van der Waals surface area contributed by atoms with E-state index in [0.29, 0.717) is 30.7 Å². The van der Waals surface area contributed by atoms with Crippen LogP contribution in [-0.2, 0) is 4.79 Å². The largest absolute Gasteiger partial charge is 0.384 e. The van der Waals surface area contributed by atoms with Crippen molar-refractivity contribution in [1.29, 1.82) is 0 Å². The van der Waals surface area contributed by atoms with Crippen LogP contribution in [0.1, 0.15) is 95.5 Å². The molecular weight excluding hydrogens is 458 g/mol. The molecule has 3 fully saturated rings. The summed E-state index contributed by atoms with van der Waals surface area (Å²) >= 11 is 0. The number of benzene rings is 1. The van der Waals surface area contributed by atoms with Crippen LogP contribution >= 0.6 is 0 Å². The van der Waals surface area contributed by atoms with Crippen molar-refractivity contribution in [3.63, 3.8) is 0 Å². The minimum Gasteiger partial charge on any atom is -0.384 e. The van der Waals surface area contributed by atoms with Crippen LogP contribution in [-0.4, -0.2) is 34.2 Å². The van der Waals surface area contributed by atoms with Crippen LogP contribution in [0, 0.1) is 29.1 Å². The number of allylic oxidation sites excluding steroid dienone is 4. The number of carbonyl (C=O) groups is 1. The Morgan fingerprint density at radius 1 is 1.03 bits per heavy atom. The molecule has 3 saturated carbocycles. The van der Waals surface area contributed by atoms with E-state index in [2.05, 4.69) is 48.3 Å². The number of anilines is 1. The van der Waals surface area contributed by atoms with Gasteiger partial charge in [0.1, 0.15) is 12.2 Å². The van der Waals surface area contributed by atoms with Crippen molar-refractivity contribution in [3.8, 4) is 11.8 Å². The van der Waals surface area contributed by atoms with Gasteiger partial charge in [0.25, 0.3) is 0 Å². The molecule has 5 aliphatic carbocycles. The topological polar surface area (TPSA) is 69.6 Å². The smallest absolute Gasteiger partial charge is 0.156 e. The van der Waals surface area contributed by atoms with E-state index in [-0.39, 0.29) is 23.7 Å². The molecule has 5 aliphatic rings. The molecule has 1 aromatic carbocycles. The van der Waals surface area contributed by atoms with Gasteiger partial charge in [0.2, 0.25) is 0 Å². The predicted octanol–water partition coefficient (Wildman–Crippen LogP) is 6.06. The Kier molecular flexibility index (Phi) is 6.58. The van der Waals surface area contributed by atoms with Crippen molar-refractivity contribution in [2.45, 2.75) is 102 Å². The number of hydrogen-bond donors (Lipinski definition) is 3. The summed E-state index contributed by atoms with van der Waals surface area (Å²) in [5.41, 5.74) is 5.34. The quantitative estimate of drug-likeness (QED) is 0.442. The first-order valence-corrected chi connectivity index (χ1v) is 14.6. The summed E-state index contributed by atoms with van der Waals surface area (Å²) < 4.78 is 0. The zero-order chi connectivity index (χ0) is 25.6. The van der Waals surface area contributed by atoms with Gasteiger partial charge in [0.05, 0.1) is 0 Å². The van der Waals surface area contributed by atoms with E-state index >= 15 is 0 Å². The van der Waals surface area contributed by atoms with Gasteiger partial charge < -0.3 is 15.5 Å². The highest BCUT2D eigenvalue weighted by atomic mass is 16.3. The lowest BCUT2D eigenvalue weighted by Gasteiger charge is -2.53. The van der Waals surface area contributed by atoms with Crippen molar-refractivity contribution in [2.75, 3.05) is 11.9 Å². The third kappa shape index (κ3) is 4.29. The Morgan fingerprint density at radius 3 is 2.57 bits per heavy atom. The lowest BCUT2D eigenvalue weighted by atomic mass is 9.51. The normalized spacial score (nSPS) is 35.6. The van der Waals surface area contributed by atoms with Gasteiger partial charge in [-0.2, -0.15) is 0 Å². The van der Waals surface area contributed by atoms with E-state index < -0.39 is 5.60 Å². The summed E-state index contributed by atoms with van der Waals surface area (Å²) in [4.78, 5) is 12.3. The number of hydrogen-bond acceptors (Lipinski definition) is 4. The SMILES string of the molecule is CC12CC(c3ccc(NC4CCCCC4)cc3)C3=C4CCC(=O)C=C4CCC3C1CCC2(O)C#CCO. The number of nitrogens with one attached hydrogen (secondary N) is 1. The minimum absolute atomic E-state index is 0.211. The molecule has 5 atom stereocenters. The predicted molar refractivity (Wildman–Crippen MR) is 147 cm³/mol. The average Bonchev–Trinajstić information content (AvgIpc) is 3.18. The standard InChI is InChI=1S/C33H41NO3/c1-32-21-29(22-8-11-25(12-9-22)34-24-6-3-2-4-7-24)31-27-15-13-26(36)20-23(27)10-14-28(31)30(32)16-18-33(32,37)17-5-19-35/h8-9,11-12,20,24,28-30,34-35,37H,2-4,6-7,10,13-16,18-19,21H2,1H3. The van der Waals surface area contributed by atoms with Crippen molar-refractivity contribution >= 4 is 11.5 Å². The fraction of sp³-hybridized carbons (Fsp3) is 0.606. The highest BCUT2D eigenvalue weighted by Gasteiger charge is 2.62. The molecule has 37 heavy (non-hydrogen) atoms. The van der Waals surface area contributed by atoms with Crippen LogP contribution in [0.25, 0.3) is 0 Å². The Balaban J connectivity index is 1.39. The van der Waals surface area contributed by atoms with E-state index in [0.717, 1.165) is 32.1 Å². The molecule has 1 aromatic rings. The number of aliphatic hydroxyl groups is 2. The second kappa shape index (κ2) is 9.75. The van der Waals surface area contributed by atoms with Crippen molar-refractivity contribution in [3.05, 3.63) is 52.6 Å². The van der Waals surface area contributed by atoms with Gasteiger partial charge in [-0.1, -0.05) is 55.7 Å². The monoisotopic (exact) mass is 499 g/mol. The van der Waals surface area contributed by atoms with Gasteiger partial charge >= 0.3 is 0 Å². The first-order valence-electron chi connectivity index (χ1n) is 14.6. The highest BCUT2D eigenvalue weighted by molar-refractivity contribution is 5.93. The molecule has 0 heterocycles. The first kappa shape index (κ1) is 25.0. The maximum atomic E-state index is 12.3. The summed E-state index contributed by atoms with van der Waals surface area (Å²) in [6.07, 6.45) is 14.4. The fourth-order valence-corrected chi connectivity index (χ4v) is 8.65. The molecular formula is C33H41NO3. The Labute approximate surface area is 221 Å². The summed E-state index contributed by atoms with van der Waals surface area (Å²) in [6.45, 7) is 2.03. The van der Waals surface area contributed by atoms with Crippen molar-refractivity contribution < 1.29 is 15.0 Å². The fourth-order valence-electron chi connectivity index (χ4n) is 8.65. The molecule has 4 nitrogen and oxygen atoms in total. The number of carbonyl (C=O) groups excluding carboxylic acids is 1. The van der Waals surface area contributed by atoms with Crippen LogP contribution in [0.15, 0.2) is 47.1 Å². The molecule has 0 saturated heterocycles. The van der Waals surface area contributed by atoms with Crippen LogP contribution in [0.3, 0.4) is 0 Å². The molecule has 0 amide bonds. The van der Waals surface area contributed by atoms with Crippen LogP contribution in [0.2, 0.25) is 0 Å². The molecule has 0 bridgehead atoms. The molecule has 196 valence electrons. The lowest BCUT2D eigenvalue weighted by molar-refractivity contribution is -0.114. The van der Waals surface area contributed by atoms with Gasteiger partial charge in [-0.25, -0.2) is 0 Å². The summed E-state index contributed by atoms with van der Waals surface area (Å²) in [7, 11) is 0. The summed E-state index contributed by atoms with van der Waals surface area (Å²) in [6, 6.07) is 9.66. The maximum absolute atomic E-state index is 12.3. The molecule has 0 spiro atoms. The molecule has 0 aliphatic heterocycles. The number of aliphatic hydroxyl groups excluding tert-OH is 1. The van der Waals surface area contributed by atoms with E-state index in [4.69, 9.17) is 0 Å². The van der Waals surface area contributed by atoms with Crippen molar-refractivity contribution in [1.82, 2.24) is 0 Å². The van der Waals surface area contributed by atoms with E-state index in [9.17, 15) is 15.0 Å². The number of fused-ring (bicyclic) bond motifs is 4. The molecule has 0 aromatic heterocycles. The van der Waals surface area contributed by atoms with Gasteiger partial charge in [-0.05, 0) is 98.1 Å². The molecule has 4 heteroatoms. The Morgan fingerprint density at radius 2 is 1.81 bits per heavy atom. The highest BCUT2D eigenvalue weighted by Crippen LogP contribution is 2.66. The second-order valence-electron chi connectivity index (χ2n) is 12.5. The van der Waals surface area contributed by atoms with Gasteiger partial charge in [0.15, 0.2) is 5.78 Å². The van der Waals surface area contributed by atoms with Gasteiger partial charge in [-0.3, -0.25) is 4.79 Å². The Bertz CT molecular complexity index is 1180. The van der Waals surface area contributed by atoms with Crippen LogP contribution in [0.5, 0.6) is 0 Å². The third-order valence-corrected chi connectivity index (χ3v) is 10.5. The third-order valence-electron chi connectivity index (χ3n) is 10.5. The Hall–Kier alpha value is -2.35. The van der Waals surface area contributed by atoms with E-state index in [1.54, 1.807) is 5.57 Å². The molecule has 6 rings (SSSR count). The average molecular weight is 500 g/mol. The maximum Gasteiger partial charge on any atom is 0.156 e. The number of ketones is 1. The minimum atomic E-state index is -1.07. The molecule has 3 N–H and O–H groups in total. The summed E-state index contributed by atoms with van der Waals surface area (Å²) in [5, 5.41) is 25.0. The second-order valence-corrected chi connectivity index (χ2v) is 12.5. The molecule has 0 radical (unpaired) electrons. The van der Waals surface area contributed by atoms with E-state index in [1.807, 2.05) is 6.08 Å². The van der Waals surface area contributed by atoms with Crippen molar-refractivity contribution in [2.24, 2.45) is 17.3 Å². The van der Waals surface area contributed by atoms with Gasteiger partial charge in [0, 0.05) is 29.5 Å². The lowest BCUT2D eigenvalue weighted by Crippen LogP contribution is -2.51. The van der Waals surface area contributed by atoms with E-state index in [1.165, 1.54) is 54.5 Å². The zero-order valence-corrected chi connectivity index (χ0v) is 22.2. The molecule has 5 unspecified atom stereocenters. The zero-order valence-electron chi connectivity index (χ0n) is 22.2. The number of rotatable bonds is 3. The van der Waals surface area contributed by atoms with Crippen LogP contribution < -0.4 is 5.32 Å². The first-order chi connectivity index (χ1) is 17.9.